The van der Waals surface area contributed by atoms with Gasteiger partial charge in [0.05, 0.1) is 0 Å². The van der Waals surface area contributed by atoms with E-state index >= 15 is 0 Å². The molecule has 0 saturated carbocycles. The summed E-state index contributed by atoms with van der Waals surface area (Å²) in [5, 5.41) is 2.58. The Bertz CT molecular complexity index is 330. The Balaban J connectivity index is 2.17. The van der Waals surface area contributed by atoms with Crippen molar-refractivity contribution >= 4 is 17.9 Å². The van der Waals surface area contributed by atoms with Crippen molar-refractivity contribution in [2.45, 2.75) is 45.6 Å². The van der Waals surface area contributed by atoms with Gasteiger partial charge in [0.25, 0.3) is 0 Å². The number of alkyl carbamates (subject to hydrolysis) is 1. The number of hydrogen-bond donors (Lipinski definition) is 1. The number of imide groups is 1. The van der Waals surface area contributed by atoms with Crippen molar-refractivity contribution < 1.29 is 19.1 Å². The fraction of sp³-hybridized carbons (Fsp3) is 0.750. The molecule has 3 amide bonds. The quantitative estimate of drug-likeness (QED) is 0.602. The Kier molecular flexibility index (Phi) is 4.69. The van der Waals surface area contributed by atoms with E-state index in [9.17, 15) is 14.4 Å². The molecule has 6 heteroatoms. The highest BCUT2D eigenvalue weighted by Crippen LogP contribution is 2.11. The van der Waals surface area contributed by atoms with E-state index in [0.717, 1.165) is 0 Å². The smallest absolute Gasteiger partial charge is 0.407 e. The molecule has 1 fully saturated rings. The summed E-state index contributed by atoms with van der Waals surface area (Å²) in [6.07, 6.45) is 0.662. The van der Waals surface area contributed by atoms with Crippen molar-refractivity contribution in [3.8, 4) is 0 Å². The first-order chi connectivity index (χ1) is 8.29. The average molecular weight is 256 g/mol. The average Bonchev–Trinajstić information content (AvgIpc) is 2.52. The summed E-state index contributed by atoms with van der Waals surface area (Å²) in [6.45, 7) is 6.09. The van der Waals surface area contributed by atoms with Crippen molar-refractivity contribution in [1.82, 2.24) is 10.2 Å². The summed E-state index contributed by atoms with van der Waals surface area (Å²) < 4.78 is 5.05. The molecule has 0 atom stereocenters. The second kappa shape index (κ2) is 5.84. The normalized spacial score (nSPS) is 16.1. The molecule has 1 rings (SSSR count). The lowest BCUT2D eigenvalue weighted by atomic mass is 10.2. The zero-order valence-electron chi connectivity index (χ0n) is 11.1. The van der Waals surface area contributed by atoms with Crippen LogP contribution in [-0.2, 0) is 14.3 Å². The maximum Gasteiger partial charge on any atom is 0.407 e. The minimum atomic E-state index is -0.523. The number of likely N-dealkylation sites (tertiary alicyclic amines) is 1. The Morgan fingerprint density at radius 3 is 2.33 bits per heavy atom. The number of amides is 3. The van der Waals surface area contributed by atoms with Crippen LogP contribution in [-0.4, -0.2) is 41.5 Å². The SMILES string of the molecule is CC(C)(C)OC(=O)NCCCN1C(=O)CCC1=O. The molecule has 0 bridgehead atoms. The van der Waals surface area contributed by atoms with Crippen LogP contribution in [0.15, 0.2) is 0 Å². The van der Waals surface area contributed by atoms with Gasteiger partial charge in [0.1, 0.15) is 5.60 Å². The van der Waals surface area contributed by atoms with Crippen LogP contribution < -0.4 is 5.32 Å². The number of rotatable bonds is 4. The maximum atomic E-state index is 11.3. The Labute approximate surface area is 107 Å². The summed E-state index contributed by atoms with van der Waals surface area (Å²) >= 11 is 0. The molecular formula is C12H20N2O4. The fourth-order valence-corrected chi connectivity index (χ4v) is 1.61. The molecule has 0 aromatic rings. The summed E-state index contributed by atoms with van der Waals surface area (Å²) in [7, 11) is 0. The first kappa shape index (κ1) is 14.5. The summed E-state index contributed by atoms with van der Waals surface area (Å²) in [4.78, 5) is 35.1. The van der Waals surface area contributed by atoms with Crippen LogP contribution in [0.25, 0.3) is 0 Å². The monoisotopic (exact) mass is 256 g/mol. The highest BCUT2D eigenvalue weighted by molar-refractivity contribution is 6.01. The number of ether oxygens (including phenoxy) is 1. The van der Waals surface area contributed by atoms with E-state index in [1.54, 1.807) is 20.8 Å². The van der Waals surface area contributed by atoms with E-state index in [-0.39, 0.29) is 11.8 Å². The van der Waals surface area contributed by atoms with Gasteiger partial charge in [0.2, 0.25) is 11.8 Å². The van der Waals surface area contributed by atoms with E-state index in [4.69, 9.17) is 4.74 Å². The van der Waals surface area contributed by atoms with Crippen molar-refractivity contribution in [3.05, 3.63) is 0 Å². The highest BCUT2D eigenvalue weighted by atomic mass is 16.6. The van der Waals surface area contributed by atoms with Gasteiger partial charge in [0, 0.05) is 25.9 Å². The zero-order chi connectivity index (χ0) is 13.8. The van der Waals surface area contributed by atoms with E-state index in [1.807, 2.05) is 0 Å². The van der Waals surface area contributed by atoms with E-state index in [2.05, 4.69) is 5.32 Å². The van der Waals surface area contributed by atoms with E-state index in [0.29, 0.717) is 32.4 Å². The lowest BCUT2D eigenvalue weighted by Crippen LogP contribution is -2.35. The van der Waals surface area contributed by atoms with Gasteiger partial charge in [-0.25, -0.2) is 4.79 Å². The van der Waals surface area contributed by atoms with Gasteiger partial charge in [-0.3, -0.25) is 14.5 Å². The summed E-state index contributed by atoms with van der Waals surface area (Å²) in [6, 6.07) is 0. The molecule has 6 nitrogen and oxygen atoms in total. The van der Waals surface area contributed by atoms with Crippen LogP contribution >= 0.6 is 0 Å². The largest absolute Gasteiger partial charge is 0.444 e. The number of carbonyl (C=O) groups excluding carboxylic acids is 3. The topological polar surface area (TPSA) is 75.7 Å². The molecule has 1 heterocycles. The number of nitrogens with zero attached hydrogens (tertiary/aromatic N) is 1. The number of nitrogens with one attached hydrogen (secondary N) is 1. The molecule has 0 unspecified atom stereocenters. The third-order valence-electron chi connectivity index (χ3n) is 2.38. The van der Waals surface area contributed by atoms with Crippen molar-refractivity contribution in [2.75, 3.05) is 13.1 Å². The third kappa shape index (κ3) is 4.73. The minimum Gasteiger partial charge on any atom is -0.444 e. The van der Waals surface area contributed by atoms with Crippen LogP contribution in [0.5, 0.6) is 0 Å². The predicted octanol–water partition coefficient (Wildman–Crippen LogP) is 1.05. The lowest BCUT2D eigenvalue weighted by molar-refractivity contribution is -0.138. The van der Waals surface area contributed by atoms with Gasteiger partial charge in [-0.2, -0.15) is 0 Å². The van der Waals surface area contributed by atoms with E-state index in [1.165, 1.54) is 4.90 Å². The second-order valence-electron chi connectivity index (χ2n) is 5.22. The molecule has 0 aliphatic carbocycles. The molecule has 0 aromatic carbocycles. The van der Waals surface area contributed by atoms with Crippen LogP contribution in [0.4, 0.5) is 4.79 Å². The number of hydrogen-bond acceptors (Lipinski definition) is 4. The van der Waals surface area contributed by atoms with Gasteiger partial charge in [0.15, 0.2) is 0 Å². The molecule has 102 valence electrons. The Morgan fingerprint density at radius 2 is 1.83 bits per heavy atom. The summed E-state index contributed by atoms with van der Waals surface area (Å²) in [5.41, 5.74) is -0.523. The molecule has 0 spiro atoms. The first-order valence-electron chi connectivity index (χ1n) is 6.09. The second-order valence-corrected chi connectivity index (χ2v) is 5.22. The summed E-state index contributed by atoms with van der Waals surface area (Å²) in [5.74, 6) is -0.255. The fourth-order valence-electron chi connectivity index (χ4n) is 1.61. The van der Waals surface area contributed by atoms with Gasteiger partial charge in [-0.15, -0.1) is 0 Å². The third-order valence-corrected chi connectivity index (χ3v) is 2.38. The molecule has 1 aliphatic heterocycles. The molecule has 1 saturated heterocycles. The number of carbonyl (C=O) groups is 3. The zero-order valence-corrected chi connectivity index (χ0v) is 11.1. The molecular weight excluding hydrogens is 236 g/mol. The molecule has 18 heavy (non-hydrogen) atoms. The molecule has 0 aromatic heterocycles. The van der Waals surface area contributed by atoms with Crippen molar-refractivity contribution in [1.29, 1.82) is 0 Å². The van der Waals surface area contributed by atoms with E-state index < -0.39 is 11.7 Å². The first-order valence-corrected chi connectivity index (χ1v) is 6.09. The minimum absolute atomic E-state index is 0.128. The molecule has 1 aliphatic rings. The standard InChI is InChI=1S/C12H20N2O4/c1-12(2,3)18-11(17)13-7-4-8-14-9(15)5-6-10(14)16/h4-8H2,1-3H3,(H,13,17). The Morgan fingerprint density at radius 1 is 1.28 bits per heavy atom. The van der Waals surface area contributed by atoms with Crippen molar-refractivity contribution in [2.24, 2.45) is 0 Å². The maximum absolute atomic E-state index is 11.3. The van der Waals surface area contributed by atoms with Gasteiger partial charge in [-0.1, -0.05) is 0 Å². The van der Waals surface area contributed by atoms with Gasteiger partial charge >= 0.3 is 6.09 Å². The Hall–Kier alpha value is -1.59. The van der Waals surface area contributed by atoms with Crippen LogP contribution in [0.2, 0.25) is 0 Å². The predicted molar refractivity (Wildman–Crippen MR) is 64.8 cm³/mol. The van der Waals surface area contributed by atoms with Crippen molar-refractivity contribution in [3.63, 3.8) is 0 Å². The van der Waals surface area contributed by atoms with Gasteiger partial charge < -0.3 is 10.1 Å². The van der Waals surface area contributed by atoms with Crippen LogP contribution in [0.1, 0.15) is 40.0 Å². The highest BCUT2D eigenvalue weighted by Gasteiger charge is 2.28. The van der Waals surface area contributed by atoms with Crippen LogP contribution in [0, 0.1) is 0 Å². The van der Waals surface area contributed by atoms with Crippen LogP contribution in [0.3, 0.4) is 0 Å². The molecule has 0 radical (unpaired) electrons. The molecule has 1 N–H and O–H groups in total. The lowest BCUT2D eigenvalue weighted by Gasteiger charge is -2.20. The van der Waals surface area contributed by atoms with Gasteiger partial charge in [-0.05, 0) is 27.2 Å².